The van der Waals surface area contributed by atoms with Gasteiger partial charge in [-0.15, -0.1) is 12.4 Å². The molecule has 0 saturated carbocycles. The van der Waals surface area contributed by atoms with Gasteiger partial charge in [0.1, 0.15) is 5.75 Å². The Kier molecular flexibility index (Phi) is 10.6. The van der Waals surface area contributed by atoms with E-state index in [-0.39, 0.29) is 37.6 Å². The minimum Gasteiger partial charge on any atom is -0.493 e. The number of hydrogen-bond acceptors (Lipinski definition) is 4. The standard InChI is InChI=1S/C22H27ClF3NO3.ClH/c1-15-11-16(4-6-19(15)23)3-2-10-30-20-7-5-17(12-18(20)22(24,25)26)8-9-21(27,13-28)14-29;/h4-7,11-12,28-29H,2-3,8-10,13-14,27H2,1H3;1H. The van der Waals surface area contributed by atoms with Gasteiger partial charge in [0, 0.05) is 5.02 Å². The van der Waals surface area contributed by atoms with Gasteiger partial charge in [0.15, 0.2) is 0 Å². The van der Waals surface area contributed by atoms with Gasteiger partial charge in [-0.05, 0) is 67.5 Å². The highest BCUT2D eigenvalue weighted by Gasteiger charge is 2.35. The van der Waals surface area contributed by atoms with Gasteiger partial charge in [-0.3, -0.25) is 0 Å². The lowest BCUT2D eigenvalue weighted by atomic mass is 9.93. The second kappa shape index (κ2) is 11.9. The van der Waals surface area contributed by atoms with Crippen LogP contribution < -0.4 is 10.5 Å². The number of nitrogens with two attached hydrogens (primary N) is 1. The summed E-state index contributed by atoms with van der Waals surface area (Å²) in [6.45, 7) is 1.13. The van der Waals surface area contributed by atoms with Crippen LogP contribution in [0.25, 0.3) is 0 Å². The van der Waals surface area contributed by atoms with Gasteiger partial charge in [-0.1, -0.05) is 29.8 Å². The molecule has 0 bridgehead atoms. The van der Waals surface area contributed by atoms with E-state index in [0.717, 1.165) is 17.2 Å². The van der Waals surface area contributed by atoms with Gasteiger partial charge in [-0.2, -0.15) is 13.2 Å². The van der Waals surface area contributed by atoms with Crippen LogP contribution in [0.3, 0.4) is 0 Å². The highest BCUT2D eigenvalue weighted by molar-refractivity contribution is 6.31. The van der Waals surface area contributed by atoms with Crippen molar-refractivity contribution in [2.75, 3.05) is 19.8 Å². The van der Waals surface area contributed by atoms with E-state index >= 15 is 0 Å². The molecular formula is C22H28Cl2F3NO3. The number of ether oxygens (including phenoxy) is 1. The molecule has 0 spiro atoms. The number of rotatable bonds is 10. The molecule has 0 saturated heterocycles. The molecule has 0 heterocycles. The largest absolute Gasteiger partial charge is 0.493 e. The Morgan fingerprint density at radius 2 is 1.61 bits per heavy atom. The summed E-state index contributed by atoms with van der Waals surface area (Å²) in [7, 11) is 0. The Morgan fingerprint density at radius 3 is 2.19 bits per heavy atom. The molecule has 0 aliphatic rings. The average molecular weight is 482 g/mol. The third-order valence-corrected chi connectivity index (χ3v) is 5.40. The first-order chi connectivity index (χ1) is 14.1. The summed E-state index contributed by atoms with van der Waals surface area (Å²) in [5.74, 6) is -0.220. The predicted molar refractivity (Wildman–Crippen MR) is 118 cm³/mol. The van der Waals surface area contributed by atoms with Gasteiger partial charge in [-0.25, -0.2) is 0 Å². The van der Waals surface area contributed by atoms with Crippen molar-refractivity contribution in [1.29, 1.82) is 0 Å². The van der Waals surface area contributed by atoms with E-state index in [9.17, 15) is 23.4 Å². The maximum Gasteiger partial charge on any atom is 0.419 e. The average Bonchev–Trinajstić information content (AvgIpc) is 2.71. The molecule has 0 atom stereocenters. The molecule has 0 radical (unpaired) electrons. The van der Waals surface area contributed by atoms with Gasteiger partial charge >= 0.3 is 6.18 Å². The normalized spacial score (nSPS) is 11.9. The van der Waals surface area contributed by atoms with E-state index in [1.54, 1.807) is 12.1 Å². The molecule has 0 aromatic heterocycles. The number of aryl methyl sites for hydroxylation is 3. The van der Waals surface area contributed by atoms with Crippen molar-refractivity contribution in [2.45, 2.75) is 44.3 Å². The van der Waals surface area contributed by atoms with Gasteiger partial charge in [0.05, 0.1) is 30.9 Å². The fraction of sp³-hybridized carbons (Fsp3) is 0.455. The monoisotopic (exact) mass is 481 g/mol. The van der Waals surface area contributed by atoms with Gasteiger partial charge in [0.2, 0.25) is 0 Å². The van der Waals surface area contributed by atoms with E-state index in [1.807, 2.05) is 19.1 Å². The highest BCUT2D eigenvalue weighted by Crippen LogP contribution is 2.37. The molecule has 4 N–H and O–H groups in total. The fourth-order valence-electron chi connectivity index (χ4n) is 3.00. The zero-order chi connectivity index (χ0) is 22.4. The summed E-state index contributed by atoms with van der Waals surface area (Å²) in [6.07, 6.45) is -3.00. The predicted octanol–water partition coefficient (Wildman–Crippen LogP) is 4.72. The maximum atomic E-state index is 13.5. The second-order valence-electron chi connectivity index (χ2n) is 7.54. The minimum atomic E-state index is -4.56. The number of halogens is 5. The molecule has 2 rings (SSSR count). The quantitative estimate of drug-likeness (QED) is 0.429. The van der Waals surface area contributed by atoms with Crippen LogP contribution in [-0.4, -0.2) is 35.6 Å². The number of alkyl halides is 3. The molecule has 9 heteroatoms. The van der Waals surface area contributed by atoms with Crippen LogP contribution in [0.5, 0.6) is 5.75 Å². The first kappa shape index (κ1) is 27.5. The van der Waals surface area contributed by atoms with E-state index in [2.05, 4.69) is 0 Å². The van der Waals surface area contributed by atoms with Crippen LogP contribution in [0.4, 0.5) is 13.2 Å². The SMILES string of the molecule is Cc1cc(CCCOc2ccc(CCC(N)(CO)CO)cc2C(F)(F)F)ccc1Cl.Cl. The zero-order valence-corrected chi connectivity index (χ0v) is 18.8. The molecule has 2 aromatic rings. The molecule has 31 heavy (non-hydrogen) atoms. The fourth-order valence-corrected chi connectivity index (χ4v) is 3.12. The van der Waals surface area contributed by atoms with Crippen molar-refractivity contribution in [2.24, 2.45) is 5.73 Å². The second-order valence-corrected chi connectivity index (χ2v) is 7.95. The molecule has 0 aliphatic carbocycles. The smallest absolute Gasteiger partial charge is 0.419 e. The van der Waals surface area contributed by atoms with Crippen molar-refractivity contribution in [3.8, 4) is 5.75 Å². The molecule has 2 aromatic carbocycles. The van der Waals surface area contributed by atoms with E-state index < -0.39 is 30.5 Å². The summed E-state index contributed by atoms with van der Waals surface area (Å²) in [5, 5.41) is 19.1. The molecular weight excluding hydrogens is 454 g/mol. The Labute approximate surface area is 191 Å². The molecule has 0 aliphatic heterocycles. The van der Waals surface area contributed by atoms with Gasteiger partial charge in [0.25, 0.3) is 0 Å². The molecule has 174 valence electrons. The number of hydrogen-bond donors (Lipinski definition) is 3. The zero-order valence-electron chi connectivity index (χ0n) is 17.2. The van der Waals surface area contributed by atoms with Crippen LogP contribution in [0.15, 0.2) is 36.4 Å². The number of benzene rings is 2. The Balaban J connectivity index is 0.00000480. The van der Waals surface area contributed by atoms with Crippen molar-refractivity contribution in [1.82, 2.24) is 0 Å². The lowest BCUT2D eigenvalue weighted by molar-refractivity contribution is -0.139. The van der Waals surface area contributed by atoms with Crippen LogP contribution in [-0.2, 0) is 19.0 Å². The van der Waals surface area contributed by atoms with Gasteiger partial charge < -0.3 is 20.7 Å². The van der Waals surface area contributed by atoms with Crippen molar-refractivity contribution < 1.29 is 28.1 Å². The summed E-state index contributed by atoms with van der Waals surface area (Å²) in [5.41, 5.74) is 6.12. The van der Waals surface area contributed by atoms with E-state index in [1.165, 1.54) is 6.07 Å². The molecule has 0 unspecified atom stereocenters. The van der Waals surface area contributed by atoms with Crippen molar-refractivity contribution in [3.05, 3.63) is 63.7 Å². The maximum absolute atomic E-state index is 13.5. The molecule has 0 amide bonds. The summed E-state index contributed by atoms with van der Waals surface area (Å²) >= 11 is 6.00. The highest BCUT2D eigenvalue weighted by atomic mass is 35.5. The minimum absolute atomic E-state index is 0. The Hall–Kier alpha value is -1.51. The summed E-state index contributed by atoms with van der Waals surface area (Å²) < 4.78 is 45.9. The first-order valence-corrected chi connectivity index (χ1v) is 10.0. The summed E-state index contributed by atoms with van der Waals surface area (Å²) in [6, 6.07) is 9.53. The molecule has 0 fully saturated rings. The third kappa shape index (κ3) is 8.16. The van der Waals surface area contributed by atoms with Crippen LogP contribution in [0, 0.1) is 6.92 Å². The number of aliphatic hydroxyl groups excluding tert-OH is 2. The Morgan fingerprint density at radius 1 is 1.00 bits per heavy atom. The van der Waals surface area contributed by atoms with E-state index in [0.29, 0.717) is 23.4 Å². The first-order valence-electron chi connectivity index (χ1n) is 9.66. The lowest BCUT2D eigenvalue weighted by Gasteiger charge is -2.24. The van der Waals surface area contributed by atoms with Crippen molar-refractivity contribution >= 4 is 24.0 Å². The van der Waals surface area contributed by atoms with Crippen LogP contribution in [0.2, 0.25) is 5.02 Å². The number of aliphatic hydroxyl groups is 2. The Bertz CT molecular complexity index is 843. The topological polar surface area (TPSA) is 75.7 Å². The van der Waals surface area contributed by atoms with Crippen molar-refractivity contribution in [3.63, 3.8) is 0 Å². The van der Waals surface area contributed by atoms with Crippen LogP contribution in [0.1, 0.15) is 35.1 Å². The third-order valence-electron chi connectivity index (χ3n) is 4.98. The lowest BCUT2D eigenvalue weighted by Crippen LogP contribution is -2.47. The molecule has 4 nitrogen and oxygen atoms in total. The van der Waals surface area contributed by atoms with Crippen LogP contribution >= 0.6 is 24.0 Å². The van der Waals surface area contributed by atoms with E-state index in [4.69, 9.17) is 22.1 Å². The summed E-state index contributed by atoms with van der Waals surface area (Å²) in [4.78, 5) is 0.